The Labute approximate surface area is 87.2 Å². The van der Waals surface area contributed by atoms with Gasteiger partial charge in [-0.05, 0) is 31.0 Å². The summed E-state index contributed by atoms with van der Waals surface area (Å²) in [6.45, 7) is 0.0502. The Morgan fingerprint density at radius 2 is 2.27 bits per heavy atom. The lowest BCUT2D eigenvalue weighted by atomic mass is 10.2. The van der Waals surface area contributed by atoms with Gasteiger partial charge in [0, 0.05) is 5.69 Å². The lowest BCUT2D eigenvalue weighted by molar-refractivity contribution is 0.266. The van der Waals surface area contributed by atoms with Crippen molar-refractivity contribution in [1.29, 1.82) is 5.26 Å². The molecule has 0 heterocycles. The molecule has 0 spiro atoms. The molecule has 15 heavy (non-hydrogen) atoms. The largest absolute Gasteiger partial charge is 0.394 e. The maximum absolute atomic E-state index is 13.2. The Kier molecular flexibility index (Phi) is 2.33. The summed E-state index contributed by atoms with van der Waals surface area (Å²) in [5.41, 5.74) is 0.382. The summed E-state index contributed by atoms with van der Waals surface area (Å²) < 4.78 is 13.2. The van der Waals surface area contributed by atoms with Crippen LogP contribution in [0.2, 0.25) is 0 Å². The van der Waals surface area contributed by atoms with Crippen molar-refractivity contribution < 1.29 is 9.50 Å². The minimum atomic E-state index is -0.531. The fraction of sp³-hybridized carbons (Fsp3) is 0.364. The minimum absolute atomic E-state index is 0.0365. The smallest absolute Gasteiger partial charge is 0.143 e. The molecular formula is C11H11FN2O. The fourth-order valence-corrected chi connectivity index (χ4v) is 1.46. The summed E-state index contributed by atoms with van der Waals surface area (Å²) in [6.07, 6.45) is 1.79. The van der Waals surface area contributed by atoms with Crippen LogP contribution in [0.1, 0.15) is 18.4 Å². The number of nitriles is 1. The number of nitrogens with one attached hydrogen (secondary N) is 1. The van der Waals surface area contributed by atoms with Gasteiger partial charge in [0.05, 0.1) is 17.7 Å². The maximum atomic E-state index is 13.2. The second-order valence-corrected chi connectivity index (χ2v) is 3.87. The number of aliphatic hydroxyl groups is 1. The first-order chi connectivity index (χ1) is 7.19. The summed E-state index contributed by atoms with van der Waals surface area (Å²) >= 11 is 0. The third-order valence-electron chi connectivity index (χ3n) is 2.66. The van der Waals surface area contributed by atoms with Gasteiger partial charge >= 0.3 is 0 Å². The van der Waals surface area contributed by atoms with Crippen LogP contribution in [0.5, 0.6) is 0 Å². The molecule has 0 saturated heterocycles. The van der Waals surface area contributed by atoms with Crippen molar-refractivity contribution in [3.05, 3.63) is 29.6 Å². The molecule has 0 aliphatic heterocycles. The fourth-order valence-electron chi connectivity index (χ4n) is 1.46. The molecule has 2 rings (SSSR count). The summed E-state index contributed by atoms with van der Waals surface area (Å²) in [4.78, 5) is 0. The van der Waals surface area contributed by atoms with Crippen LogP contribution < -0.4 is 5.32 Å². The number of rotatable bonds is 3. The van der Waals surface area contributed by atoms with Crippen molar-refractivity contribution in [1.82, 2.24) is 0 Å². The van der Waals surface area contributed by atoms with E-state index in [2.05, 4.69) is 5.32 Å². The van der Waals surface area contributed by atoms with Gasteiger partial charge in [0.25, 0.3) is 0 Å². The Morgan fingerprint density at radius 3 is 2.73 bits per heavy atom. The van der Waals surface area contributed by atoms with E-state index in [1.807, 2.05) is 0 Å². The number of nitrogens with zero attached hydrogens (tertiary/aromatic N) is 1. The molecule has 0 bridgehead atoms. The van der Waals surface area contributed by atoms with E-state index in [1.54, 1.807) is 12.1 Å². The second kappa shape index (κ2) is 3.52. The number of halogens is 1. The Bertz CT molecular complexity index is 421. The molecule has 0 amide bonds. The predicted molar refractivity (Wildman–Crippen MR) is 53.8 cm³/mol. The van der Waals surface area contributed by atoms with Crippen molar-refractivity contribution >= 4 is 5.69 Å². The molecule has 1 aromatic carbocycles. The quantitative estimate of drug-likeness (QED) is 0.790. The molecular weight excluding hydrogens is 195 g/mol. The first-order valence-corrected chi connectivity index (χ1v) is 4.78. The van der Waals surface area contributed by atoms with E-state index >= 15 is 0 Å². The first kappa shape index (κ1) is 9.94. The highest BCUT2D eigenvalue weighted by atomic mass is 19.1. The summed E-state index contributed by atoms with van der Waals surface area (Å²) in [6, 6.07) is 6.13. The van der Waals surface area contributed by atoms with Crippen molar-refractivity contribution in [3.63, 3.8) is 0 Å². The third-order valence-corrected chi connectivity index (χ3v) is 2.66. The van der Waals surface area contributed by atoms with Crippen molar-refractivity contribution in [3.8, 4) is 6.07 Å². The van der Waals surface area contributed by atoms with E-state index in [-0.39, 0.29) is 17.7 Å². The van der Waals surface area contributed by atoms with Crippen molar-refractivity contribution in [2.45, 2.75) is 18.4 Å². The van der Waals surface area contributed by atoms with Crippen LogP contribution in [0, 0.1) is 17.1 Å². The zero-order chi connectivity index (χ0) is 10.9. The highest BCUT2D eigenvalue weighted by molar-refractivity contribution is 5.51. The minimum Gasteiger partial charge on any atom is -0.394 e. The molecule has 0 aromatic heterocycles. The average Bonchev–Trinajstić information content (AvgIpc) is 2.99. The number of anilines is 1. The number of benzene rings is 1. The van der Waals surface area contributed by atoms with Crippen LogP contribution in [0.15, 0.2) is 18.2 Å². The number of hydrogen-bond donors (Lipinski definition) is 2. The zero-order valence-electron chi connectivity index (χ0n) is 8.13. The molecule has 3 nitrogen and oxygen atoms in total. The second-order valence-electron chi connectivity index (χ2n) is 3.87. The van der Waals surface area contributed by atoms with E-state index < -0.39 is 5.82 Å². The maximum Gasteiger partial charge on any atom is 0.143 e. The Morgan fingerprint density at radius 1 is 1.53 bits per heavy atom. The molecule has 0 atom stereocenters. The molecule has 0 radical (unpaired) electrons. The van der Waals surface area contributed by atoms with Gasteiger partial charge in [0.15, 0.2) is 0 Å². The van der Waals surface area contributed by atoms with Crippen molar-refractivity contribution in [2.24, 2.45) is 0 Å². The lowest BCUT2D eigenvalue weighted by Gasteiger charge is -2.15. The van der Waals surface area contributed by atoms with Gasteiger partial charge in [-0.15, -0.1) is 0 Å². The molecule has 1 saturated carbocycles. The first-order valence-electron chi connectivity index (χ1n) is 4.78. The average molecular weight is 206 g/mol. The lowest BCUT2D eigenvalue weighted by Crippen LogP contribution is -2.25. The normalized spacial score (nSPS) is 16.9. The summed E-state index contributed by atoms with van der Waals surface area (Å²) in [7, 11) is 0. The summed E-state index contributed by atoms with van der Waals surface area (Å²) in [5, 5.41) is 20.7. The van der Waals surface area contributed by atoms with Gasteiger partial charge in [-0.3, -0.25) is 0 Å². The van der Waals surface area contributed by atoms with Crippen LogP contribution in [0.3, 0.4) is 0 Å². The van der Waals surface area contributed by atoms with Crippen LogP contribution in [-0.4, -0.2) is 17.3 Å². The number of aliphatic hydroxyl groups excluding tert-OH is 1. The van der Waals surface area contributed by atoms with E-state index in [4.69, 9.17) is 10.4 Å². The molecule has 1 fully saturated rings. The van der Waals surface area contributed by atoms with Gasteiger partial charge in [-0.2, -0.15) is 5.26 Å². The molecule has 1 aliphatic carbocycles. The van der Waals surface area contributed by atoms with Crippen LogP contribution in [0.4, 0.5) is 10.1 Å². The van der Waals surface area contributed by atoms with Gasteiger partial charge in [0.2, 0.25) is 0 Å². The van der Waals surface area contributed by atoms with E-state index in [9.17, 15) is 4.39 Å². The van der Waals surface area contributed by atoms with E-state index in [1.165, 1.54) is 12.1 Å². The molecule has 0 unspecified atom stereocenters. The van der Waals surface area contributed by atoms with Gasteiger partial charge in [-0.25, -0.2) is 4.39 Å². The zero-order valence-corrected chi connectivity index (χ0v) is 8.13. The van der Waals surface area contributed by atoms with E-state index in [0.717, 1.165) is 12.8 Å². The number of hydrogen-bond acceptors (Lipinski definition) is 3. The standard InChI is InChI=1S/C11H11FN2O/c12-10-5-9(2-1-8(10)6-13)14-11(7-15)3-4-11/h1-2,5,14-15H,3-4,7H2. The SMILES string of the molecule is N#Cc1ccc(NC2(CO)CC2)cc1F. The predicted octanol–water partition coefficient (Wildman–Crippen LogP) is 1.63. The molecule has 2 N–H and O–H groups in total. The van der Waals surface area contributed by atoms with Crippen molar-refractivity contribution in [2.75, 3.05) is 11.9 Å². The van der Waals surface area contributed by atoms with Gasteiger partial charge in [-0.1, -0.05) is 0 Å². The summed E-state index contributed by atoms with van der Waals surface area (Å²) in [5.74, 6) is -0.531. The van der Waals surface area contributed by atoms with Gasteiger partial charge < -0.3 is 10.4 Å². The Hall–Kier alpha value is -1.60. The van der Waals surface area contributed by atoms with E-state index in [0.29, 0.717) is 5.69 Å². The topological polar surface area (TPSA) is 56.0 Å². The van der Waals surface area contributed by atoms with Crippen LogP contribution in [0.25, 0.3) is 0 Å². The molecule has 4 heteroatoms. The molecule has 1 aromatic rings. The van der Waals surface area contributed by atoms with Gasteiger partial charge in [0.1, 0.15) is 11.9 Å². The molecule has 78 valence electrons. The monoisotopic (exact) mass is 206 g/mol. The van der Waals surface area contributed by atoms with Crippen LogP contribution >= 0.6 is 0 Å². The Balaban J connectivity index is 2.17. The highest BCUT2D eigenvalue weighted by Gasteiger charge is 2.41. The highest BCUT2D eigenvalue weighted by Crippen LogP contribution is 2.38. The van der Waals surface area contributed by atoms with Crippen LogP contribution in [-0.2, 0) is 0 Å². The third kappa shape index (κ3) is 1.92. The molecule has 1 aliphatic rings.